The first-order chi connectivity index (χ1) is 15.7. The molecule has 0 spiro atoms. The van der Waals surface area contributed by atoms with Crippen LogP contribution in [-0.2, 0) is 26.9 Å². The quantitative estimate of drug-likeness (QED) is 0.432. The van der Waals surface area contributed by atoms with Gasteiger partial charge in [0.05, 0.1) is 31.9 Å². The maximum atomic E-state index is 13.3. The van der Waals surface area contributed by atoms with Gasteiger partial charge in [0.15, 0.2) is 27.3 Å². The highest BCUT2D eigenvalue weighted by atomic mass is 32.2. The summed E-state index contributed by atoms with van der Waals surface area (Å²) < 4.78 is 57.6. The highest BCUT2D eigenvalue weighted by Crippen LogP contribution is 2.35. The van der Waals surface area contributed by atoms with Crippen LogP contribution in [0.3, 0.4) is 0 Å². The first-order valence-corrected chi connectivity index (χ1v) is 11.8. The van der Waals surface area contributed by atoms with E-state index in [0.29, 0.717) is 23.0 Å². The Hall–Kier alpha value is -3.12. The molecule has 0 radical (unpaired) electrons. The maximum absolute atomic E-state index is 13.3. The molecule has 0 fully saturated rings. The van der Waals surface area contributed by atoms with Crippen molar-refractivity contribution >= 4 is 9.84 Å². The molecule has 0 N–H and O–H groups in total. The van der Waals surface area contributed by atoms with E-state index < -0.39 is 32.6 Å². The molecule has 12 heteroatoms. The van der Waals surface area contributed by atoms with Crippen LogP contribution >= 0.6 is 0 Å². The van der Waals surface area contributed by atoms with Gasteiger partial charge in [-0.15, -0.1) is 10.2 Å². The normalized spacial score (nSPS) is 13.5. The lowest BCUT2D eigenvalue weighted by Crippen LogP contribution is -2.27. The molecule has 33 heavy (non-hydrogen) atoms. The van der Waals surface area contributed by atoms with Gasteiger partial charge in [-0.2, -0.15) is 0 Å². The second kappa shape index (κ2) is 10.2. The van der Waals surface area contributed by atoms with E-state index in [1.54, 1.807) is 36.6 Å². The van der Waals surface area contributed by atoms with Gasteiger partial charge in [-0.25, -0.2) is 22.8 Å². The Morgan fingerprint density at radius 3 is 2.12 bits per heavy atom. The summed E-state index contributed by atoms with van der Waals surface area (Å²) in [6.07, 6.45) is 2.03. The van der Waals surface area contributed by atoms with Gasteiger partial charge in [-0.1, -0.05) is 13.0 Å². The molecule has 10 nitrogen and oxygen atoms in total. The fraction of sp³-hybridized carbons (Fsp3) is 0.429. The molecule has 2 aromatic heterocycles. The van der Waals surface area contributed by atoms with Crippen LogP contribution in [0.15, 0.2) is 30.6 Å². The number of ether oxygens (including phenoxy) is 3. The van der Waals surface area contributed by atoms with Gasteiger partial charge in [-0.05, 0) is 19.1 Å². The van der Waals surface area contributed by atoms with Crippen LogP contribution in [-0.4, -0.2) is 59.7 Å². The number of sulfone groups is 1. The lowest BCUT2D eigenvalue weighted by atomic mass is 10.1. The molecule has 0 unspecified atom stereocenters. The molecule has 0 aliphatic carbocycles. The zero-order chi connectivity index (χ0) is 24.2. The molecule has 0 amide bonds. The van der Waals surface area contributed by atoms with Gasteiger partial charge in [-0.3, -0.25) is 4.57 Å². The third kappa shape index (κ3) is 5.11. The van der Waals surface area contributed by atoms with Crippen molar-refractivity contribution in [3.8, 4) is 17.2 Å². The molecule has 0 bridgehead atoms. The van der Waals surface area contributed by atoms with Crippen LogP contribution in [0.1, 0.15) is 37.2 Å². The first kappa shape index (κ1) is 24.5. The largest absolute Gasteiger partial charge is 0.494 e. The van der Waals surface area contributed by atoms with Gasteiger partial charge >= 0.3 is 0 Å². The van der Waals surface area contributed by atoms with Crippen molar-refractivity contribution < 1.29 is 27.0 Å². The topological polar surface area (TPSA) is 118 Å². The summed E-state index contributed by atoms with van der Waals surface area (Å²) in [6, 6.07) is 5.21. The predicted molar refractivity (Wildman–Crippen MR) is 118 cm³/mol. The SMILES string of the molecule is COCc1nnc(CS(=O)(=O)[C@@H](C)[C@H](C)c2ncc(F)cn2)n1-c1c(OC)cccc1OC. The minimum absolute atomic E-state index is 0.0869. The van der Waals surface area contributed by atoms with E-state index in [-0.39, 0.29) is 18.3 Å². The summed E-state index contributed by atoms with van der Waals surface area (Å²) in [5.41, 5.74) is 0.465. The van der Waals surface area contributed by atoms with Crippen molar-refractivity contribution in [1.29, 1.82) is 0 Å². The number of methoxy groups -OCH3 is 3. The van der Waals surface area contributed by atoms with E-state index in [1.165, 1.54) is 21.3 Å². The molecule has 0 aliphatic rings. The van der Waals surface area contributed by atoms with Gasteiger partial charge in [0.25, 0.3) is 0 Å². The van der Waals surface area contributed by atoms with E-state index in [1.807, 2.05) is 0 Å². The molecule has 0 aliphatic heterocycles. The molecule has 2 atom stereocenters. The van der Waals surface area contributed by atoms with Gasteiger partial charge in [0, 0.05) is 13.0 Å². The van der Waals surface area contributed by atoms with E-state index in [4.69, 9.17) is 14.2 Å². The Balaban J connectivity index is 2.04. The lowest BCUT2D eigenvalue weighted by molar-refractivity contribution is 0.176. The number of hydrogen-bond acceptors (Lipinski definition) is 9. The average Bonchev–Trinajstić information content (AvgIpc) is 3.18. The van der Waals surface area contributed by atoms with Crippen molar-refractivity contribution in [3.05, 3.63) is 53.9 Å². The highest BCUT2D eigenvalue weighted by molar-refractivity contribution is 7.91. The Labute approximate surface area is 191 Å². The number of halogens is 1. The summed E-state index contributed by atoms with van der Waals surface area (Å²) in [4.78, 5) is 7.85. The van der Waals surface area contributed by atoms with Crippen LogP contribution < -0.4 is 9.47 Å². The second-order valence-electron chi connectivity index (χ2n) is 7.37. The number of nitrogens with zero attached hydrogens (tertiary/aromatic N) is 5. The highest BCUT2D eigenvalue weighted by Gasteiger charge is 2.32. The van der Waals surface area contributed by atoms with Gasteiger partial charge in [0.1, 0.15) is 35.4 Å². The van der Waals surface area contributed by atoms with Crippen LogP contribution in [0, 0.1) is 5.82 Å². The van der Waals surface area contributed by atoms with Crippen molar-refractivity contribution in [2.24, 2.45) is 0 Å². The molecular weight excluding hydrogens is 453 g/mol. The summed E-state index contributed by atoms with van der Waals surface area (Å²) in [5, 5.41) is 7.39. The molecule has 0 saturated carbocycles. The number of rotatable bonds is 10. The molecule has 178 valence electrons. The minimum Gasteiger partial charge on any atom is -0.494 e. The number of para-hydroxylation sites is 1. The Kier molecular flexibility index (Phi) is 7.59. The summed E-state index contributed by atoms with van der Waals surface area (Å²) >= 11 is 0. The molecule has 0 saturated heterocycles. The van der Waals surface area contributed by atoms with Crippen LogP contribution in [0.5, 0.6) is 11.5 Å². The zero-order valence-corrected chi connectivity index (χ0v) is 19.8. The molecule has 3 aromatic rings. The Bertz CT molecular complexity index is 1180. The van der Waals surface area contributed by atoms with Gasteiger partial charge in [0.2, 0.25) is 0 Å². The van der Waals surface area contributed by atoms with Crippen molar-refractivity contribution in [3.63, 3.8) is 0 Å². The fourth-order valence-corrected chi connectivity index (χ4v) is 4.92. The molecular formula is C21H26FN5O5S. The standard InChI is InChI=1S/C21H26FN5O5S/c1-13(21-23-9-15(22)10-24-21)14(2)33(28,29)12-19-26-25-18(11-30-3)27(19)20-16(31-4)7-6-8-17(20)32-5/h6-10,13-14H,11-12H2,1-5H3/t13-,14-/m0/s1. The Morgan fingerprint density at radius 2 is 1.58 bits per heavy atom. The van der Waals surface area contributed by atoms with Crippen molar-refractivity contribution in [1.82, 2.24) is 24.7 Å². The van der Waals surface area contributed by atoms with Crippen molar-refractivity contribution in [2.45, 2.75) is 37.4 Å². The van der Waals surface area contributed by atoms with Gasteiger partial charge < -0.3 is 14.2 Å². The molecule has 2 heterocycles. The summed E-state index contributed by atoms with van der Waals surface area (Å²) in [6.45, 7) is 3.33. The summed E-state index contributed by atoms with van der Waals surface area (Å²) in [7, 11) is 0.743. The zero-order valence-electron chi connectivity index (χ0n) is 19.0. The van der Waals surface area contributed by atoms with E-state index in [0.717, 1.165) is 12.4 Å². The van der Waals surface area contributed by atoms with E-state index in [2.05, 4.69) is 20.2 Å². The smallest absolute Gasteiger partial charge is 0.163 e. The van der Waals surface area contributed by atoms with Crippen LogP contribution in [0.4, 0.5) is 4.39 Å². The minimum atomic E-state index is -3.76. The average molecular weight is 480 g/mol. The number of hydrogen-bond donors (Lipinski definition) is 0. The van der Waals surface area contributed by atoms with Crippen molar-refractivity contribution in [2.75, 3.05) is 21.3 Å². The number of aromatic nitrogens is 5. The van der Waals surface area contributed by atoms with E-state index in [9.17, 15) is 12.8 Å². The Morgan fingerprint density at radius 1 is 1.00 bits per heavy atom. The predicted octanol–water partition coefficient (Wildman–Crippen LogP) is 2.47. The monoisotopic (exact) mass is 479 g/mol. The number of benzene rings is 1. The fourth-order valence-electron chi connectivity index (χ4n) is 3.37. The third-order valence-electron chi connectivity index (χ3n) is 5.34. The third-order valence-corrected chi connectivity index (χ3v) is 7.55. The lowest BCUT2D eigenvalue weighted by Gasteiger charge is -2.20. The first-order valence-electron chi connectivity index (χ1n) is 10.1. The summed E-state index contributed by atoms with van der Waals surface area (Å²) in [5.74, 6) is 0.101. The van der Waals surface area contributed by atoms with Crippen LogP contribution in [0.25, 0.3) is 5.69 Å². The van der Waals surface area contributed by atoms with Crippen LogP contribution in [0.2, 0.25) is 0 Å². The van der Waals surface area contributed by atoms with E-state index >= 15 is 0 Å². The maximum Gasteiger partial charge on any atom is 0.163 e. The molecule has 1 aromatic carbocycles. The second-order valence-corrected chi connectivity index (χ2v) is 9.73. The molecule has 3 rings (SSSR count).